The van der Waals surface area contributed by atoms with E-state index in [4.69, 9.17) is 27.9 Å². The van der Waals surface area contributed by atoms with Gasteiger partial charge in [-0.1, -0.05) is 36.2 Å². The topological polar surface area (TPSA) is 76.4 Å². The van der Waals surface area contributed by atoms with Crippen molar-refractivity contribution in [1.29, 1.82) is 0 Å². The van der Waals surface area contributed by atoms with Crippen LogP contribution in [0.15, 0.2) is 29.5 Å². The number of nitrogens with one attached hydrogen (secondary N) is 2. The molecule has 150 valence electrons. The maximum atomic E-state index is 6.21. The molecule has 27 heavy (non-hydrogen) atoms. The lowest BCUT2D eigenvalue weighted by molar-refractivity contribution is 0.203. The summed E-state index contributed by atoms with van der Waals surface area (Å²) in [5, 5.41) is 15.8. The van der Waals surface area contributed by atoms with Gasteiger partial charge in [0.1, 0.15) is 12.2 Å². The van der Waals surface area contributed by atoms with Crippen molar-refractivity contribution in [1.82, 2.24) is 25.4 Å². The quantitative estimate of drug-likeness (QED) is 0.227. The summed E-state index contributed by atoms with van der Waals surface area (Å²) in [6.45, 7) is 5.20. The second-order valence-corrected chi connectivity index (χ2v) is 6.38. The predicted molar refractivity (Wildman–Crippen MR) is 120 cm³/mol. The van der Waals surface area contributed by atoms with Gasteiger partial charge < -0.3 is 19.9 Å². The Balaban J connectivity index is 0.00000364. The number of nitrogens with zero attached hydrogens (tertiary/aromatic N) is 4. The Labute approximate surface area is 186 Å². The highest BCUT2D eigenvalue weighted by molar-refractivity contribution is 14.0. The van der Waals surface area contributed by atoms with E-state index in [1.165, 1.54) is 0 Å². The number of methoxy groups -OCH3 is 1. The molecular formula is C17H25Cl2IN6O. The van der Waals surface area contributed by atoms with Gasteiger partial charge in [0.2, 0.25) is 0 Å². The lowest BCUT2D eigenvalue weighted by atomic mass is 10.2. The van der Waals surface area contributed by atoms with Crippen LogP contribution in [0.1, 0.15) is 18.3 Å². The molecule has 0 unspecified atom stereocenters. The second kappa shape index (κ2) is 13.1. The Kier molecular flexibility index (Phi) is 11.7. The maximum absolute atomic E-state index is 6.21. The number of aromatic nitrogens is 3. The number of hydrogen-bond donors (Lipinski definition) is 2. The third kappa shape index (κ3) is 8.20. The normalized spacial score (nSPS) is 11.2. The SMILES string of the molecule is CCc1nncn1CCNC(=NCc1ccc(Cl)cc1Cl)NCCOC.I. The molecule has 2 aromatic rings. The molecule has 0 aliphatic rings. The summed E-state index contributed by atoms with van der Waals surface area (Å²) in [5.41, 5.74) is 0.913. The van der Waals surface area contributed by atoms with Gasteiger partial charge in [-0.15, -0.1) is 34.2 Å². The molecule has 0 atom stereocenters. The highest BCUT2D eigenvalue weighted by Crippen LogP contribution is 2.21. The Morgan fingerprint density at radius 2 is 2.04 bits per heavy atom. The molecule has 0 saturated heterocycles. The van der Waals surface area contributed by atoms with E-state index in [0.717, 1.165) is 24.4 Å². The first-order valence-electron chi connectivity index (χ1n) is 8.45. The van der Waals surface area contributed by atoms with Gasteiger partial charge >= 0.3 is 0 Å². The fourth-order valence-corrected chi connectivity index (χ4v) is 2.76. The van der Waals surface area contributed by atoms with Crippen molar-refractivity contribution in [2.24, 2.45) is 4.99 Å². The van der Waals surface area contributed by atoms with Crippen molar-refractivity contribution in [3.8, 4) is 0 Å². The van der Waals surface area contributed by atoms with Crippen LogP contribution in [0.3, 0.4) is 0 Å². The lowest BCUT2D eigenvalue weighted by Crippen LogP contribution is -2.40. The van der Waals surface area contributed by atoms with Gasteiger partial charge in [-0.05, 0) is 17.7 Å². The van der Waals surface area contributed by atoms with Crippen LogP contribution in [-0.4, -0.2) is 47.5 Å². The van der Waals surface area contributed by atoms with Gasteiger partial charge in [-0.25, -0.2) is 4.99 Å². The minimum Gasteiger partial charge on any atom is -0.383 e. The Hall–Kier alpha value is -1.10. The number of hydrogen-bond acceptors (Lipinski definition) is 4. The van der Waals surface area contributed by atoms with E-state index in [9.17, 15) is 0 Å². The summed E-state index contributed by atoms with van der Waals surface area (Å²) < 4.78 is 7.10. The summed E-state index contributed by atoms with van der Waals surface area (Å²) in [4.78, 5) is 4.59. The fraction of sp³-hybridized carbons (Fsp3) is 0.471. The molecular weight excluding hydrogens is 502 g/mol. The molecule has 0 aliphatic heterocycles. The molecule has 1 heterocycles. The molecule has 2 N–H and O–H groups in total. The van der Waals surface area contributed by atoms with Crippen LogP contribution in [0.25, 0.3) is 0 Å². The maximum Gasteiger partial charge on any atom is 0.191 e. The monoisotopic (exact) mass is 526 g/mol. The second-order valence-electron chi connectivity index (χ2n) is 5.54. The van der Waals surface area contributed by atoms with Crippen molar-refractivity contribution in [2.75, 3.05) is 26.8 Å². The fourth-order valence-electron chi connectivity index (χ4n) is 2.29. The molecule has 0 amide bonds. The van der Waals surface area contributed by atoms with E-state index < -0.39 is 0 Å². The smallest absolute Gasteiger partial charge is 0.191 e. The molecule has 0 saturated carbocycles. The predicted octanol–water partition coefficient (Wildman–Crippen LogP) is 3.15. The molecule has 0 radical (unpaired) electrons. The first kappa shape index (κ1) is 23.9. The van der Waals surface area contributed by atoms with Crippen LogP contribution in [-0.2, 0) is 24.2 Å². The number of aryl methyl sites for hydroxylation is 1. The highest BCUT2D eigenvalue weighted by atomic mass is 127. The largest absolute Gasteiger partial charge is 0.383 e. The molecule has 1 aromatic heterocycles. The number of aliphatic imine (C=N–C) groups is 1. The average Bonchev–Trinajstić information content (AvgIpc) is 3.08. The first-order valence-corrected chi connectivity index (χ1v) is 9.21. The highest BCUT2D eigenvalue weighted by Gasteiger charge is 2.04. The zero-order valence-corrected chi connectivity index (χ0v) is 19.3. The number of rotatable bonds is 9. The van der Waals surface area contributed by atoms with Crippen LogP contribution in [0.4, 0.5) is 0 Å². The zero-order chi connectivity index (χ0) is 18.8. The zero-order valence-electron chi connectivity index (χ0n) is 15.4. The molecule has 1 aromatic carbocycles. The molecule has 7 nitrogen and oxygen atoms in total. The number of ether oxygens (including phenoxy) is 1. The summed E-state index contributed by atoms with van der Waals surface area (Å²) >= 11 is 12.1. The van der Waals surface area contributed by atoms with E-state index in [2.05, 4.69) is 32.7 Å². The third-order valence-corrected chi connectivity index (χ3v) is 4.27. The average molecular weight is 527 g/mol. The summed E-state index contributed by atoms with van der Waals surface area (Å²) in [6, 6.07) is 5.41. The summed E-state index contributed by atoms with van der Waals surface area (Å²) in [7, 11) is 1.66. The van der Waals surface area contributed by atoms with Crippen LogP contribution in [0, 0.1) is 0 Å². The molecule has 2 rings (SSSR count). The van der Waals surface area contributed by atoms with Crippen molar-refractivity contribution >= 4 is 53.1 Å². The first-order chi connectivity index (χ1) is 12.6. The Bertz CT molecular complexity index is 725. The van der Waals surface area contributed by atoms with Gasteiger partial charge in [0.25, 0.3) is 0 Å². The van der Waals surface area contributed by atoms with Crippen molar-refractivity contribution in [3.63, 3.8) is 0 Å². The third-order valence-electron chi connectivity index (χ3n) is 3.68. The minimum atomic E-state index is 0. The van der Waals surface area contributed by atoms with Crippen LogP contribution < -0.4 is 10.6 Å². The van der Waals surface area contributed by atoms with Crippen LogP contribution in [0.5, 0.6) is 0 Å². The Morgan fingerprint density at radius 3 is 2.74 bits per heavy atom. The Morgan fingerprint density at radius 1 is 1.26 bits per heavy atom. The summed E-state index contributed by atoms with van der Waals surface area (Å²) in [5.74, 6) is 1.66. The van der Waals surface area contributed by atoms with Gasteiger partial charge in [0, 0.05) is 43.2 Å². The van der Waals surface area contributed by atoms with Crippen molar-refractivity contribution in [3.05, 3.63) is 46.0 Å². The van der Waals surface area contributed by atoms with E-state index in [-0.39, 0.29) is 24.0 Å². The standard InChI is InChI=1S/C17H24Cl2N6O.HI/c1-3-16-24-23-12-25(16)8-6-20-17(21-7-9-26-2)22-11-13-4-5-14(18)10-15(13)19;/h4-5,10,12H,3,6-9,11H2,1-2H3,(H2,20,21,22);1H. The molecule has 10 heteroatoms. The molecule has 0 fully saturated rings. The number of halogens is 3. The lowest BCUT2D eigenvalue weighted by Gasteiger charge is -2.13. The van der Waals surface area contributed by atoms with Gasteiger partial charge in [0.15, 0.2) is 5.96 Å². The van der Waals surface area contributed by atoms with Crippen LogP contribution >= 0.6 is 47.2 Å². The van der Waals surface area contributed by atoms with E-state index in [0.29, 0.717) is 42.2 Å². The van der Waals surface area contributed by atoms with Crippen molar-refractivity contribution in [2.45, 2.75) is 26.4 Å². The minimum absolute atomic E-state index is 0. The van der Waals surface area contributed by atoms with Crippen LogP contribution in [0.2, 0.25) is 10.0 Å². The van der Waals surface area contributed by atoms with Gasteiger partial charge in [-0.3, -0.25) is 0 Å². The van der Waals surface area contributed by atoms with E-state index in [1.54, 1.807) is 19.5 Å². The van der Waals surface area contributed by atoms with E-state index >= 15 is 0 Å². The number of benzene rings is 1. The number of guanidine groups is 1. The molecule has 0 spiro atoms. The van der Waals surface area contributed by atoms with E-state index in [1.807, 2.05) is 16.7 Å². The van der Waals surface area contributed by atoms with Gasteiger partial charge in [0.05, 0.1) is 13.2 Å². The summed E-state index contributed by atoms with van der Waals surface area (Å²) in [6.07, 6.45) is 2.59. The molecule has 0 bridgehead atoms. The molecule has 0 aliphatic carbocycles. The van der Waals surface area contributed by atoms with Crippen molar-refractivity contribution < 1.29 is 4.74 Å². The van der Waals surface area contributed by atoms with Gasteiger partial charge in [-0.2, -0.15) is 0 Å².